The molecule has 0 radical (unpaired) electrons. The quantitative estimate of drug-likeness (QED) is 0.469. The van der Waals surface area contributed by atoms with Gasteiger partial charge in [-0.25, -0.2) is 13.6 Å². The number of carbonyl (C=O) groups is 2. The van der Waals surface area contributed by atoms with E-state index in [2.05, 4.69) is 5.32 Å². The van der Waals surface area contributed by atoms with Gasteiger partial charge in [-0.15, -0.1) is 0 Å². The Kier molecular flexibility index (Phi) is 5.12. The summed E-state index contributed by atoms with van der Waals surface area (Å²) in [5.74, 6) is -4.35. The van der Waals surface area contributed by atoms with E-state index in [0.717, 1.165) is 18.2 Å². The van der Waals surface area contributed by atoms with E-state index in [4.69, 9.17) is 4.74 Å². The van der Waals surface area contributed by atoms with Gasteiger partial charge in [0.15, 0.2) is 6.10 Å². The van der Waals surface area contributed by atoms with Crippen LogP contribution in [0.2, 0.25) is 0 Å². The highest BCUT2D eigenvalue weighted by atomic mass is 19.1. The number of esters is 1. The highest BCUT2D eigenvalue weighted by Crippen LogP contribution is 2.35. The van der Waals surface area contributed by atoms with Crippen molar-refractivity contribution in [1.82, 2.24) is 0 Å². The number of ether oxygens (including phenoxy) is 1. The van der Waals surface area contributed by atoms with Crippen molar-refractivity contribution in [3.05, 3.63) is 65.7 Å². The SMILES string of the molecule is C[C@H](OC(=O)c1cc(O)c2ccccc2c1O)C(=O)Nc1ccc(F)cc1F. The van der Waals surface area contributed by atoms with E-state index in [-0.39, 0.29) is 22.4 Å². The number of halogens is 2. The van der Waals surface area contributed by atoms with Crippen LogP contribution in [0.15, 0.2) is 48.5 Å². The fourth-order valence-electron chi connectivity index (χ4n) is 2.60. The van der Waals surface area contributed by atoms with Crippen molar-refractivity contribution in [3.8, 4) is 11.5 Å². The van der Waals surface area contributed by atoms with Gasteiger partial charge in [0, 0.05) is 16.8 Å². The highest BCUT2D eigenvalue weighted by Gasteiger charge is 2.24. The predicted molar refractivity (Wildman–Crippen MR) is 97.1 cm³/mol. The molecule has 6 nitrogen and oxygen atoms in total. The van der Waals surface area contributed by atoms with E-state index in [1.54, 1.807) is 18.2 Å². The van der Waals surface area contributed by atoms with Crippen molar-refractivity contribution in [3.63, 3.8) is 0 Å². The van der Waals surface area contributed by atoms with E-state index in [9.17, 15) is 28.6 Å². The number of anilines is 1. The van der Waals surface area contributed by atoms with Crippen LogP contribution in [0, 0.1) is 11.6 Å². The summed E-state index contributed by atoms with van der Waals surface area (Å²) in [7, 11) is 0. The zero-order chi connectivity index (χ0) is 20.4. The molecule has 0 aliphatic rings. The Hall–Kier alpha value is -3.68. The number of amides is 1. The first-order valence-corrected chi connectivity index (χ1v) is 8.18. The molecule has 1 atom stereocenters. The smallest absolute Gasteiger partial charge is 0.342 e. The minimum Gasteiger partial charge on any atom is -0.507 e. The Labute approximate surface area is 158 Å². The van der Waals surface area contributed by atoms with Gasteiger partial charge in [-0.2, -0.15) is 0 Å². The van der Waals surface area contributed by atoms with Crippen molar-refractivity contribution in [2.24, 2.45) is 0 Å². The van der Waals surface area contributed by atoms with Crippen LogP contribution in [0.1, 0.15) is 17.3 Å². The second kappa shape index (κ2) is 7.51. The molecule has 28 heavy (non-hydrogen) atoms. The van der Waals surface area contributed by atoms with Crippen molar-refractivity contribution in [1.29, 1.82) is 0 Å². The summed E-state index contributed by atoms with van der Waals surface area (Å²) in [5, 5.41) is 23.1. The van der Waals surface area contributed by atoms with E-state index in [1.807, 2.05) is 0 Å². The topological polar surface area (TPSA) is 95.9 Å². The molecular formula is C20H15F2NO5. The molecule has 3 rings (SSSR count). The fourth-order valence-corrected chi connectivity index (χ4v) is 2.60. The lowest BCUT2D eigenvalue weighted by Gasteiger charge is -2.15. The molecule has 3 N–H and O–H groups in total. The number of phenols is 2. The number of nitrogens with one attached hydrogen (secondary N) is 1. The third-order valence-electron chi connectivity index (χ3n) is 4.06. The molecule has 0 aliphatic carbocycles. The van der Waals surface area contributed by atoms with Crippen LogP contribution in [0.25, 0.3) is 10.8 Å². The minimum atomic E-state index is -1.36. The van der Waals surface area contributed by atoms with Gasteiger partial charge in [-0.1, -0.05) is 24.3 Å². The summed E-state index contributed by atoms with van der Waals surface area (Å²) in [4.78, 5) is 24.5. The van der Waals surface area contributed by atoms with E-state index >= 15 is 0 Å². The first kappa shape index (κ1) is 19.1. The van der Waals surface area contributed by atoms with Gasteiger partial charge >= 0.3 is 5.97 Å². The first-order chi connectivity index (χ1) is 13.3. The molecule has 0 fully saturated rings. The van der Waals surface area contributed by atoms with Gasteiger partial charge in [-0.3, -0.25) is 4.79 Å². The van der Waals surface area contributed by atoms with Crippen molar-refractivity contribution in [2.45, 2.75) is 13.0 Å². The molecule has 8 heteroatoms. The van der Waals surface area contributed by atoms with Crippen molar-refractivity contribution in [2.75, 3.05) is 5.32 Å². The molecule has 0 saturated heterocycles. The molecule has 3 aromatic rings. The van der Waals surface area contributed by atoms with Gasteiger partial charge in [0.05, 0.1) is 5.69 Å². The Bertz CT molecular complexity index is 1080. The number of hydrogen-bond acceptors (Lipinski definition) is 5. The summed E-state index contributed by atoms with van der Waals surface area (Å²) in [6.07, 6.45) is -1.36. The molecule has 144 valence electrons. The number of hydrogen-bond donors (Lipinski definition) is 3. The molecule has 0 saturated carbocycles. The second-order valence-corrected chi connectivity index (χ2v) is 6.00. The number of fused-ring (bicyclic) bond motifs is 1. The molecule has 0 spiro atoms. The number of carbonyl (C=O) groups excluding carboxylic acids is 2. The monoisotopic (exact) mass is 387 g/mol. The van der Waals surface area contributed by atoms with Gasteiger partial charge in [0.2, 0.25) is 0 Å². The Balaban J connectivity index is 1.78. The molecule has 0 bridgehead atoms. The summed E-state index contributed by atoms with van der Waals surface area (Å²) >= 11 is 0. The van der Waals surface area contributed by atoms with Crippen LogP contribution in [-0.4, -0.2) is 28.2 Å². The summed E-state index contributed by atoms with van der Waals surface area (Å²) in [5.41, 5.74) is -0.607. The molecule has 1 amide bonds. The molecule has 0 aliphatic heterocycles. The lowest BCUT2D eigenvalue weighted by Crippen LogP contribution is -2.30. The van der Waals surface area contributed by atoms with Crippen molar-refractivity contribution < 1.29 is 33.3 Å². The van der Waals surface area contributed by atoms with Crippen molar-refractivity contribution >= 4 is 28.3 Å². The number of aromatic hydroxyl groups is 2. The van der Waals surface area contributed by atoms with Crippen LogP contribution < -0.4 is 5.32 Å². The van der Waals surface area contributed by atoms with Crippen LogP contribution >= 0.6 is 0 Å². The molecule has 3 aromatic carbocycles. The van der Waals surface area contributed by atoms with Crippen LogP contribution in [0.3, 0.4) is 0 Å². The third-order valence-corrected chi connectivity index (χ3v) is 4.06. The fraction of sp³-hybridized carbons (Fsp3) is 0.100. The summed E-state index contributed by atoms with van der Waals surface area (Å²) in [6.45, 7) is 1.24. The first-order valence-electron chi connectivity index (χ1n) is 8.18. The van der Waals surface area contributed by atoms with Gasteiger partial charge in [0.25, 0.3) is 5.91 Å². The number of rotatable bonds is 4. The third kappa shape index (κ3) is 3.71. The van der Waals surface area contributed by atoms with Crippen LogP contribution in [0.4, 0.5) is 14.5 Å². The van der Waals surface area contributed by atoms with Crippen LogP contribution in [0.5, 0.6) is 11.5 Å². The van der Waals surface area contributed by atoms with E-state index < -0.39 is 35.4 Å². The number of benzene rings is 3. The standard InChI is InChI=1S/C20H15F2NO5/c1-10(19(26)23-16-7-6-11(21)8-15(16)22)28-20(27)14-9-17(24)12-4-2-3-5-13(12)18(14)25/h2-10,24-25H,1H3,(H,23,26)/t10-/m0/s1. The normalized spacial score (nSPS) is 11.8. The minimum absolute atomic E-state index is 0.236. The Morgan fingerprint density at radius 2 is 1.71 bits per heavy atom. The maximum Gasteiger partial charge on any atom is 0.342 e. The molecule has 0 aromatic heterocycles. The lowest BCUT2D eigenvalue weighted by atomic mass is 10.0. The second-order valence-electron chi connectivity index (χ2n) is 6.00. The highest BCUT2D eigenvalue weighted by molar-refractivity contribution is 6.04. The number of phenolic OH excluding ortho intramolecular Hbond substituents is 2. The maximum atomic E-state index is 13.6. The molecule has 0 heterocycles. The van der Waals surface area contributed by atoms with Gasteiger partial charge in [-0.05, 0) is 25.1 Å². The Morgan fingerprint density at radius 3 is 2.39 bits per heavy atom. The zero-order valence-corrected chi connectivity index (χ0v) is 14.6. The average Bonchev–Trinajstić information content (AvgIpc) is 2.66. The molecular weight excluding hydrogens is 372 g/mol. The van der Waals surface area contributed by atoms with Gasteiger partial charge < -0.3 is 20.3 Å². The molecule has 0 unspecified atom stereocenters. The van der Waals surface area contributed by atoms with E-state index in [0.29, 0.717) is 11.5 Å². The average molecular weight is 387 g/mol. The lowest BCUT2D eigenvalue weighted by molar-refractivity contribution is -0.123. The Morgan fingerprint density at radius 1 is 1.04 bits per heavy atom. The summed E-state index contributed by atoms with van der Waals surface area (Å²) < 4.78 is 31.5. The maximum absolute atomic E-state index is 13.6. The summed E-state index contributed by atoms with van der Waals surface area (Å²) in [6, 6.07) is 9.97. The predicted octanol–water partition coefficient (Wildman–Crippen LogP) is 3.71. The van der Waals surface area contributed by atoms with Crippen LogP contribution in [-0.2, 0) is 9.53 Å². The van der Waals surface area contributed by atoms with Gasteiger partial charge in [0.1, 0.15) is 28.7 Å². The largest absolute Gasteiger partial charge is 0.507 e. The van der Waals surface area contributed by atoms with E-state index in [1.165, 1.54) is 13.0 Å². The zero-order valence-electron chi connectivity index (χ0n) is 14.6.